The summed E-state index contributed by atoms with van der Waals surface area (Å²) in [6.45, 7) is 16.8. The second-order valence-corrected chi connectivity index (χ2v) is 15.8. The van der Waals surface area contributed by atoms with Crippen LogP contribution < -0.4 is 4.90 Å². The minimum atomic E-state index is -1.75. The van der Waals surface area contributed by atoms with Crippen molar-refractivity contribution in [1.29, 1.82) is 0 Å². The molecule has 0 amide bonds. The molecule has 0 bridgehead atoms. The van der Waals surface area contributed by atoms with Crippen LogP contribution in [0, 0.1) is 6.67 Å². The molecule has 6 heteroatoms. The fourth-order valence-corrected chi connectivity index (χ4v) is 6.04. The fraction of sp³-hybridized carbons (Fsp3) is 0.462. The first-order valence-electron chi connectivity index (χ1n) is 11.0. The van der Waals surface area contributed by atoms with Gasteiger partial charge in [-0.2, -0.15) is 0 Å². The Bertz CT molecular complexity index is 922. The van der Waals surface area contributed by atoms with Crippen molar-refractivity contribution in [1.82, 2.24) is 0 Å². The summed E-state index contributed by atoms with van der Waals surface area (Å²) in [4.78, 5) is 2.46. The van der Waals surface area contributed by atoms with Gasteiger partial charge in [-0.15, -0.1) is 0 Å². The summed E-state index contributed by atoms with van der Waals surface area (Å²) >= 11 is -1.75. The molecule has 0 radical (unpaired) electrons. The van der Waals surface area contributed by atoms with Gasteiger partial charge in [0.05, 0.1) is 12.1 Å². The maximum Gasteiger partial charge on any atom is 0.0763 e. The summed E-state index contributed by atoms with van der Waals surface area (Å²) in [5, 5.41) is 0. The zero-order valence-corrected chi connectivity index (χ0v) is 23.8. The number of benzene rings is 2. The van der Waals surface area contributed by atoms with Crippen molar-refractivity contribution in [2.75, 3.05) is 25.5 Å². The van der Waals surface area contributed by atoms with Crippen molar-refractivity contribution in [2.45, 2.75) is 59.1 Å². The molecule has 180 valence electrons. The number of ether oxygens (including phenoxy) is 1. The fourth-order valence-electron chi connectivity index (χ4n) is 4.22. The smallest absolute Gasteiger partial charge is 0.0763 e. The van der Waals surface area contributed by atoms with E-state index in [1.165, 1.54) is 11.3 Å². The van der Waals surface area contributed by atoms with E-state index in [4.69, 9.17) is 19.4 Å². The predicted octanol–water partition coefficient (Wildman–Crippen LogP) is 7.02. The molecule has 1 heterocycles. The molecule has 0 aromatic heterocycles. The third-order valence-electron chi connectivity index (χ3n) is 5.21. The Hall–Kier alpha value is -0.927. The summed E-state index contributed by atoms with van der Waals surface area (Å²) in [7, 11) is 16.2. The summed E-state index contributed by atoms with van der Waals surface area (Å²) in [5.41, 5.74) is 4.02. The Kier molecular flexibility index (Phi) is 9.79. The summed E-state index contributed by atoms with van der Waals surface area (Å²) in [6, 6.07) is 16.7. The van der Waals surface area contributed by atoms with E-state index in [0.717, 1.165) is 22.3 Å². The van der Waals surface area contributed by atoms with Crippen LogP contribution in [0.4, 0.5) is 5.69 Å². The zero-order valence-electron chi connectivity index (χ0n) is 20.6. The largest absolute Gasteiger partial charge is 0.461 e. The Morgan fingerprint density at radius 1 is 1.03 bits per heavy atom. The molecule has 2 aromatic carbocycles. The van der Waals surface area contributed by atoms with Crippen LogP contribution in [0.25, 0.3) is 0 Å². The van der Waals surface area contributed by atoms with E-state index >= 15 is 0 Å². The van der Waals surface area contributed by atoms with Gasteiger partial charge in [-0.1, -0.05) is 32.0 Å². The van der Waals surface area contributed by atoms with Crippen LogP contribution in [0.2, 0.25) is 0 Å². The van der Waals surface area contributed by atoms with Gasteiger partial charge >= 0.3 is 97.8 Å². The van der Waals surface area contributed by atoms with Crippen molar-refractivity contribution in [3.63, 3.8) is 0 Å². The number of halogens is 2. The minimum absolute atomic E-state index is 0.175. The Morgan fingerprint density at radius 2 is 1.62 bits per heavy atom. The molecule has 1 aliphatic heterocycles. The van der Waals surface area contributed by atoms with Crippen LogP contribution in [-0.2, 0) is 13.5 Å². The molecule has 32 heavy (non-hydrogen) atoms. The van der Waals surface area contributed by atoms with Gasteiger partial charge in [-0.3, -0.25) is 0 Å². The molecular formula is C26H39Cl2N2ORu+. The zero-order chi connectivity index (χ0) is 24.1. The first-order valence-corrected chi connectivity index (χ1v) is 16.5. The van der Waals surface area contributed by atoms with Crippen molar-refractivity contribution in [3.05, 3.63) is 66.3 Å². The first kappa shape index (κ1) is 27.3. The Morgan fingerprint density at radius 3 is 2.16 bits per heavy atom. The number of nitrogens with zero attached hydrogens (tertiary/aromatic N) is 2. The quantitative estimate of drug-likeness (QED) is 0.164. The number of quaternary nitrogens is 1. The van der Waals surface area contributed by atoms with E-state index in [1.54, 1.807) is 0 Å². The molecule has 2 aromatic rings. The van der Waals surface area contributed by atoms with Crippen LogP contribution >= 0.6 is 19.4 Å². The van der Waals surface area contributed by atoms with Gasteiger partial charge in [-0.05, 0) is 38.1 Å². The van der Waals surface area contributed by atoms with Crippen molar-refractivity contribution in [3.8, 4) is 5.75 Å². The maximum absolute atomic E-state index is 5.83. The van der Waals surface area contributed by atoms with E-state index in [1.807, 2.05) is 42.7 Å². The average molecular weight is 568 g/mol. The molecule has 0 atom stereocenters. The number of hydrogen-bond acceptors (Lipinski definition) is 1. The van der Waals surface area contributed by atoms with Gasteiger partial charge in [0.25, 0.3) is 0 Å². The van der Waals surface area contributed by atoms with E-state index in [9.17, 15) is 0 Å². The van der Waals surface area contributed by atoms with Crippen LogP contribution in [0.15, 0.2) is 48.5 Å². The second kappa shape index (κ2) is 11.5. The molecule has 0 spiro atoms. The van der Waals surface area contributed by atoms with Gasteiger partial charge in [0.2, 0.25) is 0 Å². The van der Waals surface area contributed by atoms with E-state index in [0.29, 0.717) is 5.92 Å². The number of para-hydroxylation sites is 2. The number of aliphatic hydroxyl groups is 1. The van der Waals surface area contributed by atoms with Gasteiger partial charge in [-0.25, -0.2) is 0 Å². The molecule has 1 fully saturated rings. The molecular weight excluding hydrogens is 528 g/mol. The number of likely N-dealkylation sites (N-methyl/N-ethyl adjacent to an activating group) is 1. The van der Waals surface area contributed by atoms with E-state index in [-0.39, 0.29) is 11.6 Å². The van der Waals surface area contributed by atoms with Crippen molar-refractivity contribution < 1.29 is 22.7 Å². The Labute approximate surface area is 208 Å². The third-order valence-corrected chi connectivity index (χ3v) is 7.05. The van der Waals surface area contributed by atoms with Crippen molar-refractivity contribution >= 4 is 29.7 Å². The van der Waals surface area contributed by atoms with Crippen LogP contribution in [-0.4, -0.2) is 46.1 Å². The molecule has 0 unspecified atom stereocenters. The number of rotatable bonds is 5. The SMILES string of the molecule is CC(C)[OH+]c1ccccc1[CH]=[Ru]([Cl])[Cl].CC(C)c1ccccc1N1[CH-][N+](C)(C)CC1(C)C. The summed E-state index contributed by atoms with van der Waals surface area (Å²) in [6.07, 6.45) is 0.288. The molecule has 1 N–H and O–H groups in total. The second-order valence-electron chi connectivity index (χ2n) is 10.0. The number of hydrogen-bond donors (Lipinski definition) is 0. The maximum atomic E-state index is 5.83. The molecule has 1 saturated heterocycles. The number of anilines is 1. The summed E-state index contributed by atoms with van der Waals surface area (Å²) < 4.78 is 7.36. The van der Waals surface area contributed by atoms with Crippen LogP contribution in [0.3, 0.4) is 0 Å². The normalized spacial score (nSPS) is 17.1. The molecule has 3 nitrogen and oxygen atoms in total. The van der Waals surface area contributed by atoms with E-state index < -0.39 is 13.5 Å². The standard InChI is InChI=1S/C16H26N2.C10H12O.2ClH.Ru/c1-13(2)14-9-7-8-10-15(14)17-12-18(5,6)11-16(17,3)4;1-8(2)11-10-7-5-4-6-9(10)3;;;/h7-10,12-13H,11H2,1-6H3;3-8H,1-2H3;2*1H;/q;;;;+2/p-1. The topological polar surface area (TPSA) is 16.0 Å². The first-order chi connectivity index (χ1) is 14.8. The Balaban J connectivity index is 0.000000235. The van der Waals surface area contributed by atoms with E-state index in [2.05, 4.69) is 82.4 Å². The number of aromatic hydroxyl groups is 1. The average Bonchev–Trinajstić information content (AvgIpc) is 2.90. The molecule has 3 rings (SSSR count). The van der Waals surface area contributed by atoms with Crippen LogP contribution in [0.1, 0.15) is 58.6 Å². The van der Waals surface area contributed by atoms with Gasteiger partial charge in [0, 0.05) is 19.8 Å². The third kappa shape index (κ3) is 7.84. The van der Waals surface area contributed by atoms with Crippen LogP contribution in [0.5, 0.6) is 5.75 Å². The summed E-state index contributed by atoms with van der Waals surface area (Å²) in [5.74, 6) is 1.53. The van der Waals surface area contributed by atoms with Gasteiger partial charge in [0.1, 0.15) is 0 Å². The van der Waals surface area contributed by atoms with Gasteiger partial charge < -0.3 is 9.38 Å². The molecule has 0 aliphatic carbocycles. The molecule has 1 aliphatic rings. The molecule has 0 saturated carbocycles. The van der Waals surface area contributed by atoms with Crippen molar-refractivity contribution in [2.24, 2.45) is 0 Å². The monoisotopic (exact) mass is 567 g/mol. The predicted molar refractivity (Wildman–Crippen MR) is 138 cm³/mol. The van der Waals surface area contributed by atoms with Gasteiger partial charge in [0.15, 0.2) is 0 Å². The minimum Gasteiger partial charge on any atom is -0.461 e.